The van der Waals surface area contributed by atoms with Crippen molar-refractivity contribution >= 4 is 5.91 Å². The van der Waals surface area contributed by atoms with Crippen LogP contribution in [0.5, 0.6) is 0 Å². The molecule has 1 fully saturated rings. The predicted octanol–water partition coefficient (Wildman–Crippen LogP) is 2.15. The standard InChI is InChI=1S/C16H33N3O/c1-5-19(6-2)13-9-10-14(3)18-15(20)16(4)11-7-8-12-17-16/h14,17H,5-13H2,1-4H3,(H,18,20). The minimum Gasteiger partial charge on any atom is -0.352 e. The highest BCUT2D eigenvalue weighted by atomic mass is 16.2. The number of hydrogen-bond donors (Lipinski definition) is 2. The van der Waals surface area contributed by atoms with Gasteiger partial charge in [-0.15, -0.1) is 0 Å². The number of nitrogens with one attached hydrogen (secondary N) is 2. The number of hydrogen-bond acceptors (Lipinski definition) is 3. The average Bonchev–Trinajstić information content (AvgIpc) is 2.44. The molecule has 0 aromatic rings. The van der Waals surface area contributed by atoms with E-state index < -0.39 is 0 Å². The van der Waals surface area contributed by atoms with Crippen LogP contribution in [-0.2, 0) is 4.79 Å². The van der Waals surface area contributed by atoms with Crippen molar-refractivity contribution in [3.8, 4) is 0 Å². The van der Waals surface area contributed by atoms with Gasteiger partial charge >= 0.3 is 0 Å². The Kier molecular flexibility index (Phi) is 7.52. The van der Waals surface area contributed by atoms with Crippen molar-refractivity contribution < 1.29 is 4.79 Å². The molecule has 2 N–H and O–H groups in total. The normalized spacial score (nSPS) is 24.6. The number of nitrogens with zero attached hydrogens (tertiary/aromatic N) is 1. The molecule has 1 heterocycles. The van der Waals surface area contributed by atoms with Crippen molar-refractivity contribution in [1.29, 1.82) is 0 Å². The van der Waals surface area contributed by atoms with Crippen molar-refractivity contribution in [3.05, 3.63) is 0 Å². The zero-order valence-corrected chi connectivity index (χ0v) is 13.8. The van der Waals surface area contributed by atoms with Crippen LogP contribution in [0.3, 0.4) is 0 Å². The molecule has 1 saturated heterocycles. The summed E-state index contributed by atoms with van der Waals surface area (Å²) in [5, 5.41) is 6.55. The summed E-state index contributed by atoms with van der Waals surface area (Å²) in [4.78, 5) is 14.8. The minimum absolute atomic E-state index is 0.174. The van der Waals surface area contributed by atoms with Gasteiger partial charge in [0.2, 0.25) is 5.91 Å². The number of piperidine rings is 1. The summed E-state index contributed by atoms with van der Waals surface area (Å²) in [5.41, 5.74) is -0.356. The molecule has 0 aliphatic carbocycles. The van der Waals surface area contributed by atoms with Gasteiger partial charge in [0, 0.05) is 6.04 Å². The maximum Gasteiger partial charge on any atom is 0.240 e. The van der Waals surface area contributed by atoms with Gasteiger partial charge < -0.3 is 15.5 Å². The summed E-state index contributed by atoms with van der Waals surface area (Å²) >= 11 is 0. The van der Waals surface area contributed by atoms with E-state index in [0.717, 1.165) is 51.9 Å². The first-order chi connectivity index (χ1) is 9.51. The largest absolute Gasteiger partial charge is 0.352 e. The van der Waals surface area contributed by atoms with Gasteiger partial charge in [0.25, 0.3) is 0 Å². The number of rotatable bonds is 8. The maximum absolute atomic E-state index is 12.4. The zero-order valence-electron chi connectivity index (χ0n) is 13.8. The van der Waals surface area contributed by atoms with Gasteiger partial charge in [-0.25, -0.2) is 0 Å². The van der Waals surface area contributed by atoms with E-state index in [4.69, 9.17) is 0 Å². The lowest BCUT2D eigenvalue weighted by Gasteiger charge is -2.34. The Hall–Kier alpha value is -0.610. The van der Waals surface area contributed by atoms with Crippen molar-refractivity contribution in [2.45, 2.75) is 71.4 Å². The molecule has 20 heavy (non-hydrogen) atoms. The van der Waals surface area contributed by atoms with Gasteiger partial charge in [-0.2, -0.15) is 0 Å². The summed E-state index contributed by atoms with van der Waals surface area (Å²) < 4.78 is 0. The van der Waals surface area contributed by atoms with Crippen LogP contribution >= 0.6 is 0 Å². The zero-order chi connectivity index (χ0) is 15.0. The Bertz CT molecular complexity index is 283. The van der Waals surface area contributed by atoms with E-state index in [1.165, 1.54) is 6.42 Å². The van der Waals surface area contributed by atoms with Crippen molar-refractivity contribution in [2.24, 2.45) is 0 Å². The fraction of sp³-hybridized carbons (Fsp3) is 0.938. The molecule has 118 valence electrons. The van der Waals surface area contributed by atoms with Gasteiger partial charge in [0.05, 0.1) is 5.54 Å². The van der Waals surface area contributed by atoms with Crippen LogP contribution in [0.4, 0.5) is 0 Å². The molecule has 0 saturated carbocycles. The molecule has 0 bridgehead atoms. The third-order valence-corrected chi connectivity index (χ3v) is 4.50. The molecule has 0 spiro atoms. The Labute approximate surface area is 124 Å². The number of carbonyl (C=O) groups is 1. The Morgan fingerprint density at radius 1 is 1.35 bits per heavy atom. The first-order valence-corrected chi connectivity index (χ1v) is 8.30. The highest BCUT2D eigenvalue weighted by molar-refractivity contribution is 5.86. The van der Waals surface area contributed by atoms with Crippen molar-refractivity contribution in [2.75, 3.05) is 26.2 Å². The van der Waals surface area contributed by atoms with E-state index >= 15 is 0 Å². The van der Waals surface area contributed by atoms with Crippen LogP contribution < -0.4 is 10.6 Å². The topological polar surface area (TPSA) is 44.4 Å². The minimum atomic E-state index is -0.356. The molecule has 1 amide bonds. The third-order valence-electron chi connectivity index (χ3n) is 4.50. The van der Waals surface area contributed by atoms with Gasteiger partial charge in [0.1, 0.15) is 0 Å². The predicted molar refractivity (Wildman–Crippen MR) is 84.9 cm³/mol. The highest BCUT2D eigenvalue weighted by Crippen LogP contribution is 2.19. The van der Waals surface area contributed by atoms with E-state index in [9.17, 15) is 4.79 Å². The first-order valence-electron chi connectivity index (χ1n) is 8.30. The molecule has 2 atom stereocenters. The Morgan fingerprint density at radius 3 is 2.60 bits per heavy atom. The molecule has 4 nitrogen and oxygen atoms in total. The summed E-state index contributed by atoms with van der Waals surface area (Å²) in [6.07, 6.45) is 5.48. The summed E-state index contributed by atoms with van der Waals surface area (Å²) in [5.74, 6) is 0.174. The summed E-state index contributed by atoms with van der Waals surface area (Å²) in [6.45, 7) is 12.9. The second-order valence-electron chi connectivity index (χ2n) is 6.26. The molecule has 0 radical (unpaired) electrons. The lowest BCUT2D eigenvalue weighted by atomic mass is 9.89. The lowest BCUT2D eigenvalue weighted by molar-refractivity contribution is -0.128. The van der Waals surface area contributed by atoms with Gasteiger partial charge in [-0.3, -0.25) is 4.79 Å². The van der Waals surface area contributed by atoms with Gasteiger partial charge in [0.15, 0.2) is 0 Å². The Morgan fingerprint density at radius 2 is 2.05 bits per heavy atom. The molecule has 1 rings (SSSR count). The smallest absolute Gasteiger partial charge is 0.240 e. The van der Waals surface area contributed by atoms with Crippen LogP contribution in [0.1, 0.15) is 59.8 Å². The maximum atomic E-state index is 12.4. The molecular formula is C16H33N3O. The van der Waals surface area contributed by atoms with E-state index in [0.29, 0.717) is 0 Å². The van der Waals surface area contributed by atoms with Gasteiger partial charge in [-0.1, -0.05) is 13.8 Å². The fourth-order valence-electron chi connectivity index (χ4n) is 2.87. The van der Waals surface area contributed by atoms with Gasteiger partial charge in [-0.05, 0) is 72.1 Å². The van der Waals surface area contributed by atoms with E-state index in [1.807, 2.05) is 6.92 Å². The van der Waals surface area contributed by atoms with Crippen LogP contribution in [0.25, 0.3) is 0 Å². The summed E-state index contributed by atoms with van der Waals surface area (Å²) in [7, 11) is 0. The molecule has 1 aliphatic heterocycles. The van der Waals surface area contributed by atoms with E-state index in [-0.39, 0.29) is 17.5 Å². The van der Waals surface area contributed by atoms with E-state index in [2.05, 4.69) is 36.3 Å². The average molecular weight is 283 g/mol. The first kappa shape index (κ1) is 17.4. The Balaban J connectivity index is 2.27. The summed E-state index contributed by atoms with van der Waals surface area (Å²) in [6, 6.07) is 0.263. The van der Waals surface area contributed by atoms with Crippen LogP contribution in [0.15, 0.2) is 0 Å². The molecule has 4 heteroatoms. The SMILES string of the molecule is CCN(CC)CCCC(C)NC(=O)C1(C)CCCCN1. The van der Waals surface area contributed by atoms with Crippen molar-refractivity contribution in [3.63, 3.8) is 0 Å². The molecule has 0 aromatic heterocycles. The quantitative estimate of drug-likeness (QED) is 0.717. The van der Waals surface area contributed by atoms with Crippen molar-refractivity contribution in [1.82, 2.24) is 15.5 Å². The molecule has 2 unspecified atom stereocenters. The fourth-order valence-corrected chi connectivity index (χ4v) is 2.87. The van der Waals surface area contributed by atoms with E-state index in [1.54, 1.807) is 0 Å². The second-order valence-corrected chi connectivity index (χ2v) is 6.26. The molecule has 1 aliphatic rings. The number of carbonyl (C=O) groups excluding carboxylic acids is 1. The molecular weight excluding hydrogens is 250 g/mol. The second kappa shape index (κ2) is 8.63. The molecule has 0 aromatic carbocycles. The van der Waals surface area contributed by atoms with Crippen LogP contribution in [0, 0.1) is 0 Å². The lowest BCUT2D eigenvalue weighted by Crippen LogP contribution is -2.58. The van der Waals surface area contributed by atoms with Crippen LogP contribution in [-0.4, -0.2) is 48.6 Å². The third kappa shape index (κ3) is 5.41. The number of amides is 1. The van der Waals surface area contributed by atoms with Crippen LogP contribution in [0.2, 0.25) is 0 Å². The highest BCUT2D eigenvalue weighted by Gasteiger charge is 2.34. The monoisotopic (exact) mass is 283 g/mol.